The van der Waals surface area contributed by atoms with E-state index in [2.05, 4.69) is 0 Å². The second-order valence-electron chi connectivity index (χ2n) is 5.11. The summed E-state index contributed by atoms with van der Waals surface area (Å²) < 4.78 is 41.3. The van der Waals surface area contributed by atoms with Crippen molar-refractivity contribution in [2.75, 3.05) is 0 Å². The summed E-state index contributed by atoms with van der Waals surface area (Å²) in [5.41, 5.74) is 1.08. The average molecular weight is 331 g/mol. The fourth-order valence-electron chi connectivity index (χ4n) is 2.29. The Balaban J connectivity index is 2.21. The molecule has 3 aromatic rings. The number of rotatable bonds is 3. The van der Waals surface area contributed by atoms with Crippen molar-refractivity contribution in [3.05, 3.63) is 89.7 Å². The van der Waals surface area contributed by atoms with Crippen LogP contribution in [0.2, 0.25) is 0 Å². The van der Waals surface area contributed by atoms with Crippen LogP contribution in [0.3, 0.4) is 0 Å². The molecule has 0 saturated carbocycles. The van der Waals surface area contributed by atoms with E-state index < -0.39 is 28.3 Å². The molecule has 0 aliphatic heterocycles. The lowest BCUT2D eigenvalue weighted by atomic mass is 10.2. The van der Waals surface area contributed by atoms with E-state index in [0.29, 0.717) is 0 Å². The summed E-state index contributed by atoms with van der Waals surface area (Å²) in [4.78, 5) is 1.85. The SMILES string of the molecule is Cc1ccc([S+](c2ccccc2)c2ccc(F)c(F)c2F)cc1. The summed E-state index contributed by atoms with van der Waals surface area (Å²) in [6.45, 7) is 1.96. The van der Waals surface area contributed by atoms with E-state index in [1.165, 1.54) is 6.07 Å². The summed E-state index contributed by atoms with van der Waals surface area (Å²) in [5.74, 6) is -3.73. The van der Waals surface area contributed by atoms with E-state index in [-0.39, 0.29) is 4.90 Å². The van der Waals surface area contributed by atoms with Crippen LogP contribution < -0.4 is 0 Å². The molecule has 1 unspecified atom stereocenters. The molecule has 3 aromatic carbocycles. The molecule has 3 rings (SSSR count). The Kier molecular flexibility index (Phi) is 4.44. The first-order valence-corrected chi connectivity index (χ1v) is 8.30. The van der Waals surface area contributed by atoms with Crippen LogP contribution >= 0.6 is 0 Å². The number of hydrogen-bond acceptors (Lipinski definition) is 0. The summed E-state index contributed by atoms with van der Waals surface area (Å²) in [6.07, 6.45) is 0. The predicted molar refractivity (Wildman–Crippen MR) is 86.1 cm³/mol. The molecule has 23 heavy (non-hydrogen) atoms. The van der Waals surface area contributed by atoms with E-state index in [9.17, 15) is 13.2 Å². The minimum absolute atomic E-state index is 0.152. The number of halogens is 3. The Morgan fingerprint density at radius 1 is 0.652 bits per heavy atom. The normalized spacial score (nSPS) is 12.2. The third kappa shape index (κ3) is 3.13. The van der Waals surface area contributed by atoms with Crippen molar-refractivity contribution in [3.8, 4) is 0 Å². The van der Waals surface area contributed by atoms with Gasteiger partial charge in [0.1, 0.15) is 10.9 Å². The van der Waals surface area contributed by atoms with Crippen molar-refractivity contribution in [2.45, 2.75) is 21.6 Å². The van der Waals surface area contributed by atoms with Crippen LogP contribution in [0.15, 0.2) is 81.4 Å². The van der Waals surface area contributed by atoms with E-state index in [4.69, 9.17) is 0 Å². The molecule has 4 heteroatoms. The van der Waals surface area contributed by atoms with Crippen LogP contribution in [0.5, 0.6) is 0 Å². The van der Waals surface area contributed by atoms with Gasteiger partial charge in [-0.05, 0) is 37.3 Å². The Hall–Kier alpha value is -2.20. The largest absolute Gasteiger partial charge is 0.217 e. The number of benzene rings is 3. The molecule has 0 bridgehead atoms. The molecular formula is C19H14F3S+. The van der Waals surface area contributed by atoms with Gasteiger partial charge in [0.15, 0.2) is 21.4 Å². The third-order valence-electron chi connectivity index (χ3n) is 3.46. The van der Waals surface area contributed by atoms with Crippen LogP contribution in [-0.4, -0.2) is 0 Å². The molecule has 0 nitrogen and oxygen atoms in total. The Morgan fingerprint density at radius 2 is 1.26 bits per heavy atom. The zero-order chi connectivity index (χ0) is 16.4. The summed E-state index contributed by atoms with van der Waals surface area (Å²) in [7, 11) is -0.835. The third-order valence-corrected chi connectivity index (χ3v) is 5.70. The molecule has 0 amide bonds. The molecule has 0 heterocycles. The molecule has 0 aliphatic carbocycles. The topological polar surface area (TPSA) is 0 Å². The van der Waals surface area contributed by atoms with Crippen LogP contribution in [0.4, 0.5) is 13.2 Å². The Morgan fingerprint density at radius 3 is 1.91 bits per heavy atom. The van der Waals surface area contributed by atoms with Crippen LogP contribution in [0.25, 0.3) is 0 Å². The predicted octanol–water partition coefficient (Wildman–Crippen LogP) is 5.51. The number of aryl methyl sites for hydroxylation is 1. The van der Waals surface area contributed by atoms with Gasteiger partial charge in [-0.3, -0.25) is 0 Å². The molecule has 0 N–H and O–H groups in total. The van der Waals surface area contributed by atoms with Gasteiger partial charge in [0.05, 0.1) is 0 Å². The van der Waals surface area contributed by atoms with E-state index in [1.54, 1.807) is 0 Å². The fourth-order valence-corrected chi connectivity index (χ4v) is 4.38. The van der Waals surface area contributed by atoms with E-state index >= 15 is 0 Å². The standard InChI is InChI=1S/C19H14F3S/c1-13-7-9-15(10-8-13)23(14-5-3-2-4-6-14)17-12-11-16(20)18(21)19(17)22/h2-12H,1H3/q+1. The molecular weight excluding hydrogens is 317 g/mol. The van der Waals surface area contributed by atoms with Crippen molar-refractivity contribution < 1.29 is 13.2 Å². The van der Waals surface area contributed by atoms with Crippen LogP contribution in [-0.2, 0) is 10.9 Å². The van der Waals surface area contributed by atoms with Gasteiger partial charge in [-0.15, -0.1) is 0 Å². The van der Waals surface area contributed by atoms with E-state index in [1.807, 2.05) is 61.5 Å². The highest BCUT2D eigenvalue weighted by Gasteiger charge is 2.33. The number of hydrogen-bond donors (Lipinski definition) is 0. The van der Waals surface area contributed by atoms with Gasteiger partial charge in [0, 0.05) is 6.07 Å². The second kappa shape index (κ2) is 6.50. The Labute approximate surface area is 135 Å². The highest BCUT2D eigenvalue weighted by Crippen LogP contribution is 2.34. The quantitative estimate of drug-likeness (QED) is 0.439. The first-order valence-electron chi connectivity index (χ1n) is 7.07. The lowest BCUT2D eigenvalue weighted by molar-refractivity contribution is 0.435. The Bertz CT molecular complexity index is 814. The van der Waals surface area contributed by atoms with Crippen molar-refractivity contribution in [1.82, 2.24) is 0 Å². The molecule has 0 spiro atoms. The zero-order valence-corrected chi connectivity index (χ0v) is 13.2. The summed E-state index contributed by atoms with van der Waals surface area (Å²) in [5, 5.41) is 0. The first kappa shape index (κ1) is 15.7. The van der Waals surface area contributed by atoms with Crippen LogP contribution in [0, 0.1) is 24.4 Å². The van der Waals surface area contributed by atoms with Gasteiger partial charge in [0.25, 0.3) is 0 Å². The van der Waals surface area contributed by atoms with Crippen molar-refractivity contribution in [2.24, 2.45) is 0 Å². The maximum Gasteiger partial charge on any atom is 0.217 e. The molecule has 0 fully saturated rings. The molecule has 1 atom stereocenters. The van der Waals surface area contributed by atoms with Crippen molar-refractivity contribution in [1.29, 1.82) is 0 Å². The van der Waals surface area contributed by atoms with Gasteiger partial charge in [0.2, 0.25) is 10.7 Å². The van der Waals surface area contributed by atoms with Crippen molar-refractivity contribution >= 4 is 10.9 Å². The van der Waals surface area contributed by atoms with Gasteiger partial charge < -0.3 is 0 Å². The smallest absolute Gasteiger partial charge is 0.204 e. The van der Waals surface area contributed by atoms with Gasteiger partial charge in [-0.2, -0.15) is 4.39 Å². The lowest BCUT2D eigenvalue weighted by Crippen LogP contribution is -2.09. The maximum absolute atomic E-state index is 14.4. The maximum atomic E-state index is 14.4. The lowest BCUT2D eigenvalue weighted by Gasteiger charge is -2.09. The van der Waals surface area contributed by atoms with Gasteiger partial charge in [-0.25, -0.2) is 8.78 Å². The van der Waals surface area contributed by atoms with Gasteiger partial charge >= 0.3 is 0 Å². The summed E-state index contributed by atoms with van der Waals surface area (Å²) >= 11 is 0. The van der Waals surface area contributed by atoms with Crippen molar-refractivity contribution in [3.63, 3.8) is 0 Å². The molecule has 0 saturated heterocycles. The fraction of sp³-hybridized carbons (Fsp3) is 0.0526. The highest BCUT2D eigenvalue weighted by molar-refractivity contribution is 7.97. The van der Waals surface area contributed by atoms with E-state index in [0.717, 1.165) is 21.4 Å². The minimum atomic E-state index is -1.43. The monoisotopic (exact) mass is 331 g/mol. The molecule has 0 aliphatic rings. The first-order chi connectivity index (χ1) is 11.1. The minimum Gasteiger partial charge on any atom is -0.204 e. The van der Waals surface area contributed by atoms with Crippen LogP contribution in [0.1, 0.15) is 5.56 Å². The van der Waals surface area contributed by atoms with Gasteiger partial charge in [-0.1, -0.05) is 35.9 Å². The average Bonchev–Trinajstić information content (AvgIpc) is 2.58. The summed E-state index contributed by atoms with van der Waals surface area (Å²) in [6, 6.07) is 19.2. The highest BCUT2D eigenvalue weighted by atomic mass is 32.2. The molecule has 116 valence electrons. The molecule has 0 radical (unpaired) electrons. The molecule has 0 aromatic heterocycles. The zero-order valence-electron chi connectivity index (χ0n) is 12.4. The second-order valence-corrected chi connectivity index (χ2v) is 7.10.